The molecule has 1 saturated heterocycles. The van der Waals surface area contributed by atoms with Crippen molar-refractivity contribution in [3.05, 3.63) is 23.9 Å². The van der Waals surface area contributed by atoms with E-state index in [4.69, 9.17) is 20.2 Å². The van der Waals surface area contributed by atoms with E-state index in [1.54, 1.807) is 14.2 Å². The fourth-order valence-electron chi connectivity index (χ4n) is 4.27. The van der Waals surface area contributed by atoms with Gasteiger partial charge in [-0.05, 0) is 18.4 Å². The molecule has 1 fully saturated rings. The lowest BCUT2D eigenvalue weighted by molar-refractivity contribution is -0.116. The van der Waals surface area contributed by atoms with Crippen LogP contribution in [0.1, 0.15) is 26.2 Å². The SMILES string of the molecule is CCC1CC(=O)C=C(N2CCN(c3nc(N)c4cc(OC)c(OC)cc4n3)CC2)C1. The van der Waals surface area contributed by atoms with Crippen LogP contribution >= 0.6 is 0 Å². The average Bonchev–Trinajstić information content (AvgIpc) is 2.77. The molecule has 1 aromatic carbocycles. The predicted molar refractivity (Wildman–Crippen MR) is 117 cm³/mol. The predicted octanol–water partition coefficient (Wildman–Crippen LogP) is 2.62. The van der Waals surface area contributed by atoms with Gasteiger partial charge in [0.05, 0.1) is 19.7 Å². The van der Waals surface area contributed by atoms with E-state index < -0.39 is 0 Å². The van der Waals surface area contributed by atoms with Crippen LogP contribution in [0.15, 0.2) is 23.9 Å². The summed E-state index contributed by atoms with van der Waals surface area (Å²) in [5.74, 6) is 2.96. The van der Waals surface area contributed by atoms with Crippen molar-refractivity contribution >= 4 is 28.5 Å². The van der Waals surface area contributed by atoms with Crippen LogP contribution in [0.3, 0.4) is 0 Å². The van der Waals surface area contributed by atoms with Crippen LogP contribution in [0.2, 0.25) is 0 Å². The van der Waals surface area contributed by atoms with Gasteiger partial charge in [0.2, 0.25) is 5.95 Å². The number of rotatable bonds is 5. The van der Waals surface area contributed by atoms with Gasteiger partial charge in [0, 0.05) is 55.8 Å². The second-order valence-electron chi connectivity index (χ2n) is 7.89. The lowest BCUT2D eigenvalue weighted by Gasteiger charge is -2.39. The molecule has 8 nitrogen and oxygen atoms in total. The number of benzene rings is 1. The van der Waals surface area contributed by atoms with Gasteiger partial charge in [0.1, 0.15) is 5.82 Å². The van der Waals surface area contributed by atoms with E-state index in [0.717, 1.165) is 49.9 Å². The topological polar surface area (TPSA) is 93.8 Å². The molecule has 2 N–H and O–H groups in total. The zero-order chi connectivity index (χ0) is 21.3. The Morgan fingerprint density at radius 3 is 2.37 bits per heavy atom. The number of carbonyl (C=O) groups excluding carboxylic acids is 1. The number of anilines is 2. The number of carbonyl (C=O) groups is 1. The summed E-state index contributed by atoms with van der Waals surface area (Å²) < 4.78 is 10.8. The minimum absolute atomic E-state index is 0.251. The summed E-state index contributed by atoms with van der Waals surface area (Å²) in [5.41, 5.74) is 8.14. The highest BCUT2D eigenvalue weighted by Gasteiger charge is 2.26. The number of nitrogen functional groups attached to an aromatic ring is 1. The maximum atomic E-state index is 12.1. The first-order valence-electron chi connectivity index (χ1n) is 10.4. The van der Waals surface area contributed by atoms with Crippen LogP contribution in [-0.4, -0.2) is 61.0 Å². The highest BCUT2D eigenvalue weighted by atomic mass is 16.5. The van der Waals surface area contributed by atoms with Crippen LogP contribution in [0.25, 0.3) is 10.9 Å². The molecule has 2 heterocycles. The fraction of sp³-hybridized carbons (Fsp3) is 0.500. The largest absolute Gasteiger partial charge is 0.493 e. The quantitative estimate of drug-likeness (QED) is 0.803. The first-order chi connectivity index (χ1) is 14.5. The Bertz CT molecular complexity index is 982. The normalized spacial score (nSPS) is 19.8. The summed E-state index contributed by atoms with van der Waals surface area (Å²) in [4.78, 5) is 25.8. The highest BCUT2D eigenvalue weighted by molar-refractivity contribution is 5.92. The number of methoxy groups -OCH3 is 2. The van der Waals surface area contributed by atoms with Crippen LogP contribution in [0, 0.1) is 5.92 Å². The van der Waals surface area contributed by atoms with Gasteiger partial charge in [-0.3, -0.25) is 4.79 Å². The van der Waals surface area contributed by atoms with Crippen molar-refractivity contribution in [2.24, 2.45) is 5.92 Å². The summed E-state index contributed by atoms with van der Waals surface area (Å²) in [7, 11) is 3.19. The van der Waals surface area contributed by atoms with E-state index in [0.29, 0.717) is 35.6 Å². The van der Waals surface area contributed by atoms with Crippen molar-refractivity contribution < 1.29 is 14.3 Å². The van der Waals surface area contributed by atoms with E-state index in [9.17, 15) is 4.79 Å². The maximum absolute atomic E-state index is 12.1. The Hall–Kier alpha value is -3.03. The molecule has 8 heteroatoms. The van der Waals surface area contributed by atoms with Gasteiger partial charge < -0.3 is 25.0 Å². The molecule has 160 valence electrons. The number of hydrogen-bond acceptors (Lipinski definition) is 8. The Morgan fingerprint density at radius 1 is 1.03 bits per heavy atom. The average molecular weight is 412 g/mol. The van der Waals surface area contributed by atoms with E-state index in [2.05, 4.69) is 21.7 Å². The molecule has 2 aromatic rings. The first-order valence-corrected chi connectivity index (χ1v) is 10.4. The molecule has 1 atom stereocenters. The number of piperazine rings is 1. The van der Waals surface area contributed by atoms with Crippen LogP contribution < -0.4 is 20.1 Å². The molecular weight excluding hydrogens is 382 g/mol. The molecule has 30 heavy (non-hydrogen) atoms. The molecule has 1 aliphatic carbocycles. The number of nitrogens with zero attached hydrogens (tertiary/aromatic N) is 4. The van der Waals surface area contributed by atoms with E-state index in [-0.39, 0.29) is 5.78 Å². The summed E-state index contributed by atoms with van der Waals surface area (Å²) >= 11 is 0. The Kier molecular flexibility index (Phi) is 5.65. The van der Waals surface area contributed by atoms with Crippen LogP contribution in [0.4, 0.5) is 11.8 Å². The van der Waals surface area contributed by atoms with Gasteiger partial charge in [-0.25, -0.2) is 4.98 Å². The number of fused-ring (bicyclic) bond motifs is 1. The third-order valence-corrected chi connectivity index (χ3v) is 6.08. The van der Waals surface area contributed by atoms with Crippen molar-refractivity contribution in [1.82, 2.24) is 14.9 Å². The molecule has 4 rings (SSSR count). The first kappa shape index (κ1) is 20.3. The van der Waals surface area contributed by atoms with Crippen molar-refractivity contribution in [3.63, 3.8) is 0 Å². The summed E-state index contributed by atoms with van der Waals surface area (Å²) in [6, 6.07) is 3.64. The zero-order valence-electron chi connectivity index (χ0n) is 17.9. The van der Waals surface area contributed by atoms with E-state index >= 15 is 0 Å². The number of ether oxygens (including phenoxy) is 2. The number of nitrogens with two attached hydrogens (primary N) is 1. The molecular formula is C22H29N5O3. The Balaban J connectivity index is 1.52. The third kappa shape index (κ3) is 3.86. The number of hydrogen-bond donors (Lipinski definition) is 1. The molecule has 2 aliphatic rings. The van der Waals surface area contributed by atoms with Crippen LogP contribution in [-0.2, 0) is 4.79 Å². The third-order valence-electron chi connectivity index (χ3n) is 6.08. The molecule has 1 aromatic heterocycles. The van der Waals surface area contributed by atoms with Gasteiger partial charge in [0.15, 0.2) is 17.3 Å². The Labute approximate surface area is 176 Å². The van der Waals surface area contributed by atoms with Crippen LogP contribution in [0.5, 0.6) is 11.5 Å². The Morgan fingerprint density at radius 2 is 1.70 bits per heavy atom. The molecule has 0 saturated carbocycles. The monoisotopic (exact) mass is 411 g/mol. The molecule has 0 spiro atoms. The molecule has 1 aliphatic heterocycles. The van der Waals surface area contributed by atoms with Gasteiger partial charge in [-0.1, -0.05) is 13.3 Å². The summed E-state index contributed by atoms with van der Waals surface area (Å²) in [6.07, 6.45) is 4.55. The molecule has 0 radical (unpaired) electrons. The second kappa shape index (κ2) is 8.38. The summed E-state index contributed by atoms with van der Waals surface area (Å²) in [5, 5.41) is 0.742. The zero-order valence-corrected chi connectivity index (χ0v) is 17.9. The second-order valence-corrected chi connectivity index (χ2v) is 7.89. The smallest absolute Gasteiger partial charge is 0.228 e. The molecule has 0 amide bonds. The van der Waals surface area contributed by atoms with Gasteiger partial charge in [-0.2, -0.15) is 4.98 Å². The standard InChI is InChI=1S/C22H29N5O3/c1-4-14-9-15(11-16(28)10-14)26-5-7-27(8-6-26)22-24-18-13-20(30-3)19(29-2)12-17(18)21(23)25-22/h11-14H,4-10H2,1-3H3,(H2,23,24,25). The van der Waals surface area contributed by atoms with Crippen molar-refractivity contribution in [3.8, 4) is 11.5 Å². The number of aromatic nitrogens is 2. The van der Waals surface area contributed by atoms with Crippen molar-refractivity contribution in [2.75, 3.05) is 51.0 Å². The lowest BCUT2D eigenvalue weighted by Crippen LogP contribution is -2.47. The minimum Gasteiger partial charge on any atom is -0.493 e. The minimum atomic E-state index is 0.251. The summed E-state index contributed by atoms with van der Waals surface area (Å²) in [6.45, 7) is 5.39. The van der Waals surface area contributed by atoms with E-state index in [1.165, 1.54) is 5.70 Å². The number of allylic oxidation sites excluding steroid dienone is 2. The van der Waals surface area contributed by atoms with Gasteiger partial charge in [-0.15, -0.1) is 0 Å². The number of ketones is 1. The fourth-order valence-corrected chi connectivity index (χ4v) is 4.27. The molecule has 1 unspecified atom stereocenters. The van der Waals surface area contributed by atoms with E-state index in [1.807, 2.05) is 18.2 Å². The van der Waals surface area contributed by atoms with Crippen molar-refractivity contribution in [2.45, 2.75) is 26.2 Å². The van der Waals surface area contributed by atoms with Crippen molar-refractivity contribution in [1.29, 1.82) is 0 Å². The molecule has 0 bridgehead atoms. The maximum Gasteiger partial charge on any atom is 0.228 e. The van der Waals surface area contributed by atoms with Gasteiger partial charge >= 0.3 is 0 Å². The van der Waals surface area contributed by atoms with Gasteiger partial charge in [0.25, 0.3) is 0 Å². The lowest BCUT2D eigenvalue weighted by atomic mass is 9.88. The highest BCUT2D eigenvalue weighted by Crippen LogP contribution is 2.34.